The highest BCUT2D eigenvalue weighted by Crippen LogP contribution is 1.98. The zero-order chi connectivity index (χ0) is 13.9. The lowest BCUT2D eigenvalue weighted by Crippen LogP contribution is -2.34. The van der Waals surface area contributed by atoms with Crippen LogP contribution in [0.4, 0.5) is 0 Å². The van der Waals surface area contributed by atoms with Gasteiger partial charge >= 0.3 is 5.97 Å². The summed E-state index contributed by atoms with van der Waals surface area (Å²) >= 11 is 0. The number of nitrogens with one attached hydrogen (secondary N) is 1. The summed E-state index contributed by atoms with van der Waals surface area (Å²) < 4.78 is 15.1. The fraction of sp³-hybridized carbons (Fsp3) is 0.667. The number of nitrogens with zero attached hydrogens (tertiary/aromatic N) is 1. The van der Waals surface area contributed by atoms with Crippen molar-refractivity contribution >= 4 is 5.97 Å². The van der Waals surface area contributed by atoms with Gasteiger partial charge in [0.15, 0.2) is 0 Å². The molecule has 0 aliphatic carbocycles. The molecule has 0 radical (unpaired) electrons. The molecule has 19 heavy (non-hydrogen) atoms. The van der Waals surface area contributed by atoms with Crippen LogP contribution in [0.1, 0.15) is 12.1 Å². The van der Waals surface area contributed by atoms with Gasteiger partial charge in [0.2, 0.25) is 0 Å². The first-order chi connectivity index (χ1) is 9.24. The standard InChI is InChI=1S/C12H21N3O4/c1-17-5-6-18-3-2-4-19-12(16)11(13)7-10-8-14-9-15-10/h8-9,11H,2-7,13H2,1H3,(H,14,15)/t11-/m1/s1. The van der Waals surface area contributed by atoms with E-state index >= 15 is 0 Å². The number of imidazole rings is 1. The summed E-state index contributed by atoms with van der Waals surface area (Å²) in [6, 6.07) is -0.671. The average Bonchev–Trinajstić information content (AvgIpc) is 2.90. The monoisotopic (exact) mass is 271 g/mol. The summed E-state index contributed by atoms with van der Waals surface area (Å²) in [5.74, 6) is -0.411. The Morgan fingerprint density at radius 1 is 1.42 bits per heavy atom. The molecule has 7 heteroatoms. The molecule has 1 atom stereocenters. The summed E-state index contributed by atoms with van der Waals surface area (Å²) in [6.07, 6.45) is 4.22. The molecule has 3 N–H and O–H groups in total. The summed E-state index contributed by atoms with van der Waals surface area (Å²) in [7, 11) is 1.62. The van der Waals surface area contributed by atoms with Crippen LogP contribution >= 0.6 is 0 Å². The molecule has 108 valence electrons. The molecule has 0 saturated heterocycles. The predicted octanol–water partition coefficient (Wildman–Crippen LogP) is -0.124. The largest absolute Gasteiger partial charge is 0.464 e. The lowest BCUT2D eigenvalue weighted by atomic mass is 10.2. The average molecular weight is 271 g/mol. The van der Waals surface area contributed by atoms with Crippen molar-refractivity contribution in [2.45, 2.75) is 18.9 Å². The third-order valence-electron chi connectivity index (χ3n) is 2.41. The Balaban J connectivity index is 2.03. The summed E-state index contributed by atoms with van der Waals surface area (Å²) in [5, 5.41) is 0. The SMILES string of the molecule is COCCOCCCOC(=O)[C@H](N)Cc1cnc[nH]1. The number of aromatic nitrogens is 2. The molecule has 0 aliphatic rings. The van der Waals surface area contributed by atoms with E-state index in [0.29, 0.717) is 39.3 Å². The Bertz CT molecular complexity index is 343. The highest BCUT2D eigenvalue weighted by molar-refractivity contribution is 5.75. The Morgan fingerprint density at radius 3 is 2.95 bits per heavy atom. The summed E-state index contributed by atoms with van der Waals surface area (Å²) in [5.41, 5.74) is 6.53. The molecule has 1 heterocycles. The number of carbonyl (C=O) groups excluding carboxylic acids is 1. The number of esters is 1. The number of H-pyrrole nitrogens is 1. The molecule has 0 aliphatic heterocycles. The van der Waals surface area contributed by atoms with E-state index in [9.17, 15) is 4.79 Å². The maximum absolute atomic E-state index is 11.6. The number of carbonyl (C=O) groups is 1. The molecule has 7 nitrogen and oxygen atoms in total. The van der Waals surface area contributed by atoms with Crippen LogP contribution in [-0.4, -0.2) is 55.5 Å². The minimum absolute atomic E-state index is 0.308. The van der Waals surface area contributed by atoms with Crippen LogP contribution in [0.5, 0.6) is 0 Å². The molecule has 0 fully saturated rings. The van der Waals surface area contributed by atoms with Crippen LogP contribution in [0, 0.1) is 0 Å². The van der Waals surface area contributed by atoms with Gasteiger partial charge in [-0.2, -0.15) is 0 Å². The van der Waals surface area contributed by atoms with E-state index in [1.165, 1.54) is 0 Å². The van der Waals surface area contributed by atoms with E-state index in [1.54, 1.807) is 19.6 Å². The van der Waals surface area contributed by atoms with Crippen LogP contribution in [0.2, 0.25) is 0 Å². The number of ether oxygens (including phenoxy) is 3. The number of nitrogens with two attached hydrogens (primary N) is 1. The Hall–Kier alpha value is -1.44. The second kappa shape index (κ2) is 9.48. The number of aromatic amines is 1. The van der Waals surface area contributed by atoms with Gasteiger partial charge in [-0.1, -0.05) is 0 Å². The minimum atomic E-state index is -0.671. The predicted molar refractivity (Wildman–Crippen MR) is 68.5 cm³/mol. The molecule has 0 saturated carbocycles. The second-order valence-electron chi connectivity index (χ2n) is 4.01. The molecular formula is C12H21N3O4. The summed E-state index contributed by atoms with van der Waals surface area (Å²) in [6.45, 7) is 1.95. The van der Waals surface area contributed by atoms with Crippen LogP contribution in [0.15, 0.2) is 12.5 Å². The maximum atomic E-state index is 11.6. The molecule has 0 spiro atoms. The smallest absolute Gasteiger partial charge is 0.323 e. The van der Waals surface area contributed by atoms with Crippen LogP contribution < -0.4 is 5.73 Å². The molecule has 0 bridgehead atoms. The number of hydrogen-bond acceptors (Lipinski definition) is 6. The topological polar surface area (TPSA) is 99.5 Å². The van der Waals surface area contributed by atoms with E-state index in [4.69, 9.17) is 19.9 Å². The van der Waals surface area contributed by atoms with Crippen molar-refractivity contribution in [2.24, 2.45) is 5.73 Å². The van der Waals surface area contributed by atoms with Crippen molar-refractivity contribution in [3.05, 3.63) is 18.2 Å². The minimum Gasteiger partial charge on any atom is -0.464 e. The highest BCUT2D eigenvalue weighted by Gasteiger charge is 2.15. The van der Waals surface area contributed by atoms with Crippen molar-refractivity contribution in [3.8, 4) is 0 Å². The Kier molecular flexibility index (Phi) is 7.80. The maximum Gasteiger partial charge on any atom is 0.323 e. The number of hydrogen-bond donors (Lipinski definition) is 2. The highest BCUT2D eigenvalue weighted by atomic mass is 16.5. The van der Waals surface area contributed by atoms with E-state index in [1.807, 2.05) is 0 Å². The van der Waals surface area contributed by atoms with Gasteiger partial charge < -0.3 is 24.9 Å². The van der Waals surface area contributed by atoms with Crippen molar-refractivity contribution in [2.75, 3.05) is 33.5 Å². The molecule has 0 unspecified atom stereocenters. The normalized spacial score (nSPS) is 12.3. The van der Waals surface area contributed by atoms with E-state index in [0.717, 1.165) is 5.69 Å². The molecule has 1 aromatic heterocycles. The third-order valence-corrected chi connectivity index (χ3v) is 2.41. The van der Waals surface area contributed by atoms with Gasteiger partial charge in [-0.15, -0.1) is 0 Å². The van der Waals surface area contributed by atoms with E-state index in [2.05, 4.69) is 9.97 Å². The fourth-order valence-corrected chi connectivity index (χ4v) is 1.40. The van der Waals surface area contributed by atoms with Gasteiger partial charge in [-0.25, -0.2) is 4.98 Å². The van der Waals surface area contributed by atoms with E-state index in [-0.39, 0.29) is 0 Å². The van der Waals surface area contributed by atoms with Crippen LogP contribution in [-0.2, 0) is 25.4 Å². The number of methoxy groups -OCH3 is 1. The molecule has 1 aromatic rings. The zero-order valence-electron chi connectivity index (χ0n) is 11.1. The van der Waals surface area contributed by atoms with Crippen molar-refractivity contribution in [1.29, 1.82) is 0 Å². The van der Waals surface area contributed by atoms with Gasteiger partial charge in [0.1, 0.15) is 6.04 Å². The first-order valence-electron chi connectivity index (χ1n) is 6.20. The lowest BCUT2D eigenvalue weighted by molar-refractivity contribution is -0.145. The van der Waals surface area contributed by atoms with Crippen molar-refractivity contribution in [3.63, 3.8) is 0 Å². The third kappa shape index (κ3) is 6.90. The first-order valence-corrected chi connectivity index (χ1v) is 6.20. The zero-order valence-corrected chi connectivity index (χ0v) is 11.1. The molecule has 1 rings (SSSR count). The molecular weight excluding hydrogens is 250 g/mol. The lowest BCUT2D eigenvalue weighted by Gasteiger charge is -2.10. The van der Waals surface area contributed by atoms with Gasteiger partial charge in [-0.3, -0.25) is 4.79 Å². The quantitative estimate of drug-likeness (QED) is 0.454. The molecule has 0 aromatic carbocycles. The summed E-state index contributed by atoms with van der Waals surface area (Å²) in [4.78, 5) is 18.3. The van der Waals surface area contributed by atoms with Gasteiger partial charge in [-0.05, 0) is 0 Å². The van der Waals surface area contributed by atoms with Crippen LogP contribution in [0.25, 0.3) is 0 Å². The fourth-order valence-electron chi connectivity index (χ4n) is 1.40. The van der Waals surface area contributed by atoms with Crippen molar-refractivity contribution < 1.29 is 19.0 Å². The van der Waals surface area contributed by atoms with Crippen LogP contribution in [0.3, 0.4) is 0 Å². The van der Waals surface area contributed by atoms with E-state index < -0.39 is 12.0 Å². The first kappa shape index (κ1) is 15.6. The Labute approximate surface area is 112 Å². The number of rotatable bonds is 10. The Morgan fingerprint density at radius 2 is 2.26 bits per heavy atom. The van der Waals surface area contributed by atoms with Gasteiger partial charge in [0, 0.05) is 38.4 Å². The van der Waals surface area contributed by atoms with Crippen molar-refractivity contribution in [1.82, 2.24) is 9.97 Å². The van der Waals surface area contributed by atoms with Gasteiger partial charge in [0.05, 0.1) is 26.1 Å². The second-order valence-corrected chi connectivity index (χ2v) is 4.01. The molecule has 0 amide bonds. The van der Waals surface area contributed by atoms with Gasteiger partial charge in [0.25, 0.3) is 0 Å².